The molecule has 5 nitrogen and oxygen atoms in total. The van der Waals surface area contributed by atoms with Gasteiger partial charge in [0, 0.05) is 11.3 Å². The van der Waals surface area contributed by atoms with E-state index < -0.39 is 0 Å². The van der Waals surface area contributed by atoms with E-state index in [1.807, 2.05) is 6.92 Å². The number of fused-ring (bicyclic) bond motifs is 1. The number of anilines is 1. The summed E-state index contributed by atoms with van der Waals surface area (Å²) in [5.41, 5.74) is 10.2. The summed E-state index contributed by atoms with van der Waals surface area (Å²) in [5, 5.41) is 19.6. The Kier molecular flexibility index (Phi) is 4.30. The maximum absolute atomic E-state index is 9.95. The smallest absolute Gasteiger partial charge is 0.161 e. The second-order valence-electron chi connectivity index (χ2n) is 6.13. The predicted molar refractivity (Wildman–Crippen MR) is 93.0 cm³/mol. The molecule has 0 amide bonds. The highest BCUT2D eigenvalue weighted by atomic mass is 16.5. The van der Waals surface area contributed by atoms with E-state index in [9.17, 15) is 10.4 Å². The Morgan fingerprint density at radius 1 is 1.46 bits per heavy atom. The largest absolute Gasteiger partial charge is 0.504 e. The van der Waals surface area contributed by atoms with Crippen LogP contribution in [0.4, 0.5) is 5.82 Å². The van der Waals surface area contributed by atoms with Crippen molar-refractivity contribution in [3.63, 3.8) is 0 Å². The maximum atomic E-state index is 9.95. The second kappa shape index (κ2) is 6.40. The Labute approximate surface area is 141 Å². The minimum Gasteiger partial charge on any atom is -0.504 e. The van der Waals surface area contributed by atoms with Gasteiger partial charge in [-0.05, 0) is 55.4 Å². The van der Waals surface area contributed by atoms with Crippen molar-refractivity contribution in [2.45, 2.75) is 39.0 Å². The number of hydrogen-bond acceptors (Lipinski definition) is 5. The van der Waals surface area contributed by atoms with E-state index in [1.54, 1.807) is 18.2 Å². The van der Waals surface area contributed by atoms with E-state index >= 15 is 0 Å². The molecule has 0 aliphatic heterocycles. The van der Waals surface area contributed by atoms with Gasteiger partial charge in [-0.15, -0.1) is 0 Å². The molecule has 1 aromatic carbocycles. The number of aromatic hydroxyl groups is 1. The number of benzene rings is 1. The molecule has 2 aromatic rings. The molecular formula is C19H21N3O2. The number of aromatic nitrogens is 1. The number of nitrogens with zero attached hydrogens (tertiary/aromatic N) is 2. The van der Waals surface area contributed by atoms with Crippen LogP contribution in [0, 0.1) is 11.3 Å². The number of nitrogens with two attached hydrogens (primary N) is 1. The van der Waals surface area contributed by atoms with E-state index in [1.165, 1.54) is 0 Å². The Hall–Kier alpha value is -2.74. The van der Waals surface area contributed by atoms with Crippen LogP contribution in [0.2, 0.25) is 0 Å². The highest BCUT2D eigenvalue weighted by Crippen LogP contribution is 2.41. The van der Waals surface area contributed by atoms with Crippen LogP contribution in [0.5, 0.6) is 11.5 Å². The lowest BCUT2D eigenvalue weighted by atomic mass is 9.82. The monoisotopic (exact) mass is 323 g/mol. The molecule has 0 unspecified atom stereocenters. The molecule has 0 saturated carbocycles. The van der Waals surface area contributed by atoms with Gasteiger partial charge in [-0.2, -0.15) is 5.26 Å². The molecule has 24 heavy (non-hydrogen) atoms. The molecule has 0 spiro atoms. The molecule has 0 radical (unpaired) electrons. The quantitative estimate of drug-likeness (QED) is 0.897. The van der Waals surface area contributed by atoms with E-state index in [0.29, 0.717) is 23.8 Å². The van der Waals surface area contributed by atoms with Crippen LogP contribution in [-0.2, 0) is 6.42 Å². The fraction of sp³-hybridized carbons (Fsp3) is 0.368. The molecule has 0 saturated heterocycles. The van der Waals surface area contributed by atoms with Crippen LogP contribution in [0.1, 0.15) is 49.4 Å². The third-order valence-corrected chi connectivity index (χ3v) is 4.55. The minimum atomic E-state index is 0.0865. The van der Waals surface area contributed by atoms with Crippen molar-refractivity contribution in [1.29, 1.82) is 5.26 Å². The van der Waals surface area contributed by atoms with Crippen LogP contribution in [0.15, 0.2) is 18.2 Å². The highest BCUT2D eigenvalue weighted by Gasteiger charge is 2.26. The van der Waals surface area contributed by atoms with Crippen molar-refractivity contribution in [3.8, 4) is 28.7 Å². The fourth-order valence-corrected chi connectivity index (χ4v) is 3.42. The van der Waals surface area contributed by atoms with Gasteiger partial charge in [-0.3, -0.25) is 0 Å². The number of rotatable bonds is 3. The first-order chi connectivity index (χ1) is 11.6. The van der Waals surface area contributed by atoms with Gasteiger partial charge in [-0.25, -0.2) is 4.98 Å². The van der Waals surface area contributed by atoms with Crippen LogP contribution < -0.4 is 10.5 Å². The second-order valence-corrected chi connectivity index (χ2v) is 6.13. The van der Waals surface area contributed by atoms with Gasteiger partial charge in [0.25, 0.3) is 0 Å². The van der Waals surface area contributed by atoms with E-state index in [2.05, 4.69) is 18.0 Å². The van der Waals surface area contributed by atoms with E-state index in [-0.39, 0.29) is 11.6 Å². The van der Waals surface area contributed by atoms with Crippen molar-refractivity contribution < 1.29 is 9.84 Å². The van der Waals surface area contributed by atoms with E-state index in [4.69, 9.17) is 10.5 Å². The van der Waals surface area contributed by atoms with Gasteiger partial charge in [0.15, 0.2) is 11.5 Å². The molecule has 1 aliphatic rings. The number of nitriles is 1. The first-order valence-corrected chi connectivity index (χ1v) is 8.25. The first-order valence-electron chi connectivity index (χ1n) is 8.25. The summed E-state index contributed by atoms with van der Waals surface area (Å²) in [7, 11) is 0. The number of ether oxygens (including phenoxy) is 1. The van der Waals surface area contributed by atoms with Crippen LogP contribution in [-0.4, -0.2) is 16.7 Å². The Morgan fingerprint density at radius 2 is 2.25 bits per heavy atom. The fourth-order valence-electron chi connectivity index (χ4n) is 3.42. The van der Waals surface area contributed by atoms with Gasteiger partial charge in [0.05, 0.1) is 6.61 Å². The van der Waals surface area contributed by atoms with Gasteiger partial charge in [0.1, 0.15) is 17.5 Å². The first kappa shape index (κ1) is 16.1. The van der Waals surface area contributed by atoms with Gasteiger partial charge < -0.3 is 15.6 Å². The topological polar surface area (TPSA) is 92.2 Å². The lowest BCUT2D eigenvalue weighted by Gasteiger charge is -2.25. The van der Waals surface area contributed by atoms with Gasteiger partial charge >= 0.3 is 0 Å². The molecule has 1 aliphatic carbocycles. The molecule has 0 bridgehead atoms. The zero-order valence-electron chi connectivity index (χ0n) is 14.0. The van der Waals surface area contributed by atoms with Crippen LogP contribution in [0.25, 0.3) is 11.1 Å². The molecule has 5 heteroatoms. The van der Waals surface area contributed by atoms with Gasteiger partial charge in [-0.1, -0.05) is 13.0 Å². The molecule has 124 valence electrons. The summed E-state index contributed by atoms with van der Waals surface area (Å²) in [6.45, 7) is 4.46. The molecule has 3 rings (SSSR count). The Bertz CT molecular complexity index is 824. The van der Waals surface area contributed by atoms with Crippen LogP contribution in [0.3, 0.4) is 0 Å². The number of nitrogen functional groups attached to an aromatic ring is 1. The van der Waals surface area contributed by atoms with Crippen molar-refractivity contribution in [2.75, 3.05) is 12.3 Å². The number of pyridine rings is 1. The molecule has 1 aromatic heterocycles. The Balaban J connectivity index is 2.27. The average Bonchev–Trinajstić information content (AvgIpc) is 2.57. The minimum absolute atomic E-state index is 0.0865. The van der Waals surface area contributed by atoms with Crippen LogP contribution >= 0.6 is 0 Å². The summed E-state index contributed by atoms with van der Waals surface area (Å²) in [6, 6.07) is 7.37. The summed E-state index contributed by atoms with van der Waals surface area (Å²) >= 11 is 0. The lowest BCUT2D eigenvalue weighted by Crippen LogP contribution is -2.14. The summed E-state index contributed by atoms with van der Waals surface area (Å²) in [6.07, 6.45) is 3.01. The zero-order chi connectivity index (χ0) is 17.3. The molecular weight excluding hydrogens is 302 g/mol. The lowest BCUT2D eigenvalue weighted by molar-refractivity contribution is 0.318. The highest BCUT2D eigenvalue weighted by molar-refractivity contribution is 5.80. The molecule has 0 fully saturated rings. The van der Waals surface area contributed by atoms with Crippen molar-refractivity contribution in [1.82, 2.24) is 4.98 Å². The Morgan fingerprint density at radius 3 is 2.96 bits per heavy atom. The summed E-state index contributed by atoms with van der Waals surface area (Å²) in [4.78, 5) is 4.50. The zero-order valence-corrected chi connectivity index (χ0v) is 14.0. The average molecular weight is 323 g/mol. The number of phenols is 1. The molecule has 3 N–H and O–H groups in total. The SMILES string of the molecule is CCOc1cc(-c2c(C#N)c(N)nc3c2CCC[C@@H]3C)ccc1O. The summed E-state index contributed by atoms with van der Waals surface area (Å²) in [5.74, 6) is 1.09. The predicted octanol–water partition coefficient (Wildman–Crippen LogP) is 3.75. The van der Waals surface area contributed by atoms with Crippen molar-refractivity contribution >= 4 is 5.82 Å². The normalized spacial score (nSPS) is 16.3. The number of hydrogen-bond donors (Lipinski definition) is 2. The van der Waals surface area contributed by atoms with Crippen molar-refractivity contribution in [2.24, 2.45) is 0 Å². The third kappa shape index (κ3) is 2.65. The van der Waals surface area contributed by atoms with Crippen molar-refractivity contribution in [3.05, 3.63) is 35.0 Å². The number of phenolic OH excluding ortho intramolecular Hbond substituents is 1. The third-order valence-electron chi connectivity index (χ3n) is 4.55. The van der Waals surface area contributed by atoms with Gasteiger partial charge in [0.2, 0.25) is 0 Å². The molecule has 1 heterocycles. The summed E-state index contributed by atoms with van der Waals surface area (Å²) < 4.78 is 5.49. The standard InChI is InChI=1S/C19H21N3O2/c1-3-24-16-9-12(7-8-15(16)23)17-13-6-4-5-11(2)18(13)22-19(21)14(17)10-20/h7-9,11,23H,3-6H2,1-2H3,(H2,21,22)/t11-/m0/s1. The maximum Gasteiger partial charge on any atom is 0.161 e. The van der Waals surface area contributed by atoms with E-state index in [0.717, 1.165) is 41.6 Å². The molecule has 1 atom stereocenters.